The Bertz CT molecular complexity index is 561. The van der Waals surface area contributed by atoms with E-state index in [0.29, 0.717) is 12.8 Å². The van der Waals surface area contributed by atoms with Crippen LogP contribution in [0.25, 0.3) is 0 Å². The number of rotatable bonds is 4. The molecule has 7 heteroatoms. The van der Waals surface area contributed by atoms with Gasteiger partial charge in [-0.15, -0.1) is 0 Å². The van der Waals surface area contributed by atoms with Gasteiger partial charge in [0.15, 0.2) is 0 Å². The molecule has 0 bridgehead atoms. The number of hydrogen-bond acceptors (Lipinski definition) is 2. The van der Waals surface area contributed by atoms with E-state index in [4.69, 9.17) is 0 Å². The van der Waals surface area contributed by atoms with Crippen molar-refractivity contribution in [3.63, 3.8) is 0 Å². The zero-order valence-corrected chi connectivity index (χ0v) is 10.7. The van der Waals surface area contributed by atoms with Crippen LogP contribution in [0.1, 0.15) is 19.8 Å². The van der Waals surface area contributed by atoms with Crippen LogP contribution in [0.15, 0.2) is 18.2 Å². The smallest absolute Gasteiger partial charge is 0.329 e. The molecule has 108 valence electrons. The first-order valence-electron chi connectivity index (χ1n) is 6.10. The maximum atomic E-state index is 13.4. The third kappa shape index (κ3) is 2.87. The number of carboxylic acids is 1. The van der Waals surface area contributed by atoms with E-state index in [0.717, 1.165) is 18.2 Å². The van der Waals surface area contributed by atoms with Crippen LogP contribution in [-0.2, 0) is 4.79 Å². The van der Waals surface area contributed by atoms with E-state index in [2.05, 4.69) is 10.6 Å². The number of aliphatic carboxylic acids is 1. The number of halogens is 2. The van der Waals surface area contributed by atoms with Crippen LogP contribution in [0.2, 0.25) is 0 Å². The Labute approximate surface area is 114 Å². The van der Waals surface area contributed by atoms with Crippen molar-refractivity contribution in [1.82, 2.24) is 5.32 Å². The quantitative estimate of drug-likeness (QED) is 0.794. The number of hydrogen-bond donors (Lipinski definition) is 3. The highest BCUT2D eigenvalue weighted by Gasteiger charge is 2.48. The largest absolute Gasteiger partial charge is 0.480 e. The van der Waals surface area contributed by atoms with Crippen molar-refractivity contribution in [2.75, 3.05) is 5.32 Å². The van der Waals surface area contributed by atoms with Crippen LogP contribution in [0.4, 0.5) is 19.3 Å². The molecule has 1 atom stereocenters. The molecule has 3 N–H and O–H groups in total. The van der Waals surface area contributed by atoms with E-state index in [1.807, 2.05) is 0 Å². The van der Waals surface area contributed by atoms with E-state index < -0.39 is 29.2 Å². The summed E-state index contributed by atoms with van der Waals surface area (Å²) >= 11 is 0. The van der Waals surface area contributed by atoms with Gasteiger partial charge in [-0.1, -0.05) is 0 Å². The fourth-order valence-electron chi connectivity index (χ4n) is 1.97. The predicted octanol–water partition coefficient (Wildman–Crippen LogP) is 2.34. The molecular formula is C13H14F2N2O3. The van der Waals surface area contributed by atoms with Crippen LogP contribution >= 0.6 is 0 Å². The summed E-state index contributed by atoms with van der Waals surface area (Å²) in [7, 11) is 0. The molecule has 0 heterocycles. The number of anilines is 1. The summed E-state index contributed by atoms with van der Waals surface area (Å²) in [6, 6.07) is 1.74. The molecule has 0 radical (unpaired) electrons. The van der Waals surface area contributed by atoms with Gasteiger partial charge < -0.3 is 15.7 Å². The van der Waals surface area contributed by atoms with Crippen molar-refractivity contribution in [3.8, 4) is 0 Å². The first-order valence-corrected chi connectivity index (χ1v) is 6.10. The molecule has 1 aromatic rings. The third-order valence-corrected chi connectivity index (χ3v) is 3.39. The maximum absolute atomic E-state index is 13.4. The molecule has 0 aromatic heterocycles. The molecule has 2 rings (SSSR count). The Morgan fingerprint density at radius 2 is 2.00 bits per heavy atom. The van der Waals surface area contributed by atoms with E-state index in [1.165, 1.54) is 6.92 Å². The lowest BCUT2D eigenvalue weighted by Gasteiger charge is -2.26. The highest BCUT2D eigenvalue weighted by Crippen LogP contribution is 2.39. The zero-order valence-electron chi connectivity index (χ0n) is 10.7. The van der Waals surface area contributed by atoms with Crippen molar-refractivity contribution in [3.05, 3.63) is 29.8 Å². The topological polar surface area (TPSA) is 78.4 Å². The number of carbonyl (C=O) groups is 2. The molecule has 0 saturated heterocycles. The first-order chi connectivity index (χ1) is 9.33. The summed E-state index contributed by atoms with van der Waals surface area (Å²) in [6.07, 6.45) is 1.41. The Hall–Kier alpha value is -2.18. The summed E-state index contributed by atoms with van der Waals surface area (Å²) in [5, 5.41) is 13.6. The van der Waals surface area contributed by atoms with Crippen molar-refractivity contribution in [2.45, 2.75) is 25.3 Å². The summed E-state index contributed by atoms with van der Waals surface area (Å²) in [5.74, 6) is -2.81. The fraction of sp³-hybridized carbons (Fsp3) is 0.385. The molecule has 1 unspecified atom stereocenters. The summed E-state index contributed by atoms with van der Waals surface area (Å²) < 4.78 is 26.3. The van der Waals surface area contributed by atoms with Crippen LogP contribution in [-0.4, -0.2) is 22.6 Å². The Kier molecular flexibility index (Phi) is 3.61. The normalized spacial score (nSPS) is 17.1. The molecule has 0 aliphatic heterocycles. The standard InChI is InChI=1S/C13H14F2N2O3/c1-13(11(18)19,7-2-3-7)17-12(20)16-10-6-8(14)4-5-9(10)15/h4-7H,2-3H2,1H3,(H,18,19)(H2,16,17,20). The zero-order chi connectivity index (χ0) is 14.9. The van der Waals surface area contributed by atoms with Gasteiger partial charge in [0.05, 0.1) is 5.69 Å². The summed E-state index contributed by atoms with van der Waals surface area (Å²) in [6.45, 7) is 1.40. The van der Waals surface area contributed by atoms with Gasteiger partial charge in [-0.2, -0.15) is 0 Å². The van der Waals surface area contributed by atoms with Gasteiger partial charge in [-0.05, 0) is 37.8 Å². The second-order valence-electron chi connectivity index (χ2n) is 4.99. The number of amides is 2. The van der Waals surface area contributed by atoms with E-state index in [1.54, 1.807) is 0 Å². The van der Waals surface area contributed by atoms with Crippen molar-refractivity contribution in [2.24, 2.45) is 5.92 Å². The SMILES string of the molecule is CC(NC(=O)Nc1cc(F)ccc1F)(C(=O)O)C1CC1. The van der Waals surface area contributed by atoms with Gasteiger partial charge in [0.1, 0.15) is 17.2 Å². The van der Waals surface area contributed by atoms with Gasteiger partial charge >= 0.3 is 12.0 Å². The molecule has 1 aliphatic rings. The highest BCUT2D eigenvalue weighted by atomic mass is 19.1. The van der Waals surface area contributed by atoms with Crippen molar-refractivity contribution >= 4 is 17.7 Å². The Balaban J connectivity index is 2.08. The molecule has 1 aliphatic carbocycles. The van der Waals surface area contributed by atoms with E-state index >= 15 is 0 Å². The lowest BCUT2D eigenvalue weighted by Crippen LogP contribution is -2.55. The fourth-order valence-corrected chi connectivity index (χ4v) is 1.97. The molecule has 5 nitrogen and oxygen atoms in total. The molecule has 0 spiro atoms. The minimum Gasteiger partial charge on any atom is -0.480 e. The molecule has 20 heavy (non-hydrogen) atoms. The Morgan fingerprint density at radius 3 is 2.55 bits per heavy atom. The average molecular weight is 284 g/mol. The highest BCUT2D eigenvalue weighted by molar-refractivity contribution is 5.94. The minimum absolute atomic E-state index is 0.150. The lowest BCUT2D eigenvalue weighted by molar-refractivity contribution is -0.144. The average Bonchev–Trinajstić information content (AvgIpc) is 3.17. The third-order valence-electron chi connectivity index (χ3n) is 3.39. The molecule has 1 aromatic carbocycles. The van der Waals surface area contributed by atoms with Gasteiger partial charge in [-0.25, -0.2) is 18.4 Å². The lowest BCUT2D eigenvalue weighted by atomic mass is 9.96. The van der Waals surface area contributed by atoms with Crippen LogP contribution in [0.3, 0.4) is 0 Å². The number of benzene rings is 1. The first kappa shape index (κ1) is 14.2. The molecular weight excluding hydrogens is 270 g/mol. The molecule has 1 saturated carbocycles. The second kappa shape index (κ2) is 5.07. The van der Waals surface area contributed by atoms with Crippen LogP contribution in [0.5, 0.6) is 0 Å². The number of nitrogens with one attached hydrogen (secondary N) is 2. The molecule has 2 amide bonds. The minimum atomic E-state index is -1.41. The summed E-state index contributed by atoms with van der Waals surface area (Å²) in [4.78, 5) is 23.0. The summed E-state index contributed by atoms with van der Waals surface area (Å²) in [5.41, 5.74) is -1.75. The van der Waals surface area contributed by atoms with Crippen LogP contribution < -0.4 is 10.6 Å². The van der Waals surface area contributed by atoms with Crippen LogP contribution in [0, 0.1) is 17.6 Å². The van der Waals surface area contributed by atoms with Gasteiger partial charge in [0.25, 0.3) is 0 Å². The predicted molar refractivity (Wildman–Crippen MR) is 67.3 cm³/mol. The van der Waals surface area contributed by atoms with Gasteiger partial charge in [0.2, 0.25) is 0 Å². The Morgan fingerprint density at radius 1 is 1.35 bits per heavy atom. The van der Waals surface area contributed by atoms with Crippen molar-refractivity contribution < 1.29 is 23.5 Å². The molecule has 1 fully saturated rings. The maximum Gasteiger partial charge on any atom is 0.329 e. The number of urea groups is 1. The number of carbonyl (C=O) groups excluding carboxylic acids is 1. The monoisotopic (exact) mass is 284 g/mol. The number of carboxylic acid groups (broad SMARTS) is 1. The van der Waals surface area contributed by atoms with Crippen molar-refractivity contribution in [1.29, 1.82) is 0 Å². The van der Waals surface area contributed by atoms with Gasteiger partial charge in [-0.3, -0.25) is 0 Å². The second-order valence-corrected chi connectivity index (χ2v) is 4.99. The van der Waals surface area contributed by atoms with Gasteiger partial charge in [0, 0.05) is 6.07 Å². The van der Waals surface area contributed by atoms with E-state index in [-0.39, 0.29) is 11.6 Å². The van der Waals surface area contributed by atoms with E-state index in [9.17, 15) is 23.5 Å².